The molecule has 3 aromatic rings. The van der Waals surface area contributed by atoms with E-state index in [1.165, 1.54) is 17.7 Å². The highest BCUT2D eigenvalue weighted by Crippen LogP contribution is 2.25. The van der Waals surface area contributed by atoms with Crippen LogP contribution in [0.4, 0.5) is 4.39 Å². The van der Waals surface area contributed by atoms with Crippen LogP contribution in [0.15, 0.2) is 53.7 Å². The Balaban J connectivity index is 1.57. The fourth-order valence-electron chi connectivity index (χ4n) is 2.52. The van der Waals surface area contributed by atoms with Crippen LogP contribution in [-0.2, 0) is 24.8 Å². The van der Waals surface area contributed by atoms with E-state index in [0.29, 0.717) is 12.4 Å². The highest BCUT2D eigenvalue weighted by molar-refractivity contribution is 7.98. The summed E-state index contributed by atoms with van der Waals surface area (Å²) < 4.78 is 20.8. The molecule has 0 spiro atoms. The summed E-state index contributed by atoms with van der Waals surface area (Å²) in [6.07, 6.45) is 0. The predicted octanol–water partition coefficient (Wildman–Crippen LogP) is 5.12. The molecule has 2 aromatic carbocycles. The fourth-order valence-corrected chi connectivity index (χ4v) is 3.41. The molecule has 0 amide bonds. The minimum atomic E-state index is -0.225. The SMILES string of the molecule is Cn1c(COc2ccc(C(C)(C)C)cc2)nnc1SCc1ccc(F)cc1. The van der Waals surface area contributed by atoms with Gasteiger partial charge >= 0.3 is 0 Å². The molecule has 0 fully saturated rings. The molecule has 142 valence electrons. The Labute approximate surface area is 163 Å². The fraction of sp³-hybridized carbons (Fsp3) is 0.333. The highest BCUT2D eigenvalue weighted by Gasteiger charge is 2.14. The van der Waals surface area contributed by atoms with Crippen LogP contribution in [0.5, 0.6) is 5.75 Å². The van der Waals surface area contributed by atoms with E-state index in [1.54, 1.807) is 23.9 Å². The van der Waals surface area contributed by atoms with E-state index in [1.807, 2.05) is 23.7 Å². The van der Waals surface area contributed by atoms with Gasteiger partial charge in [0.1, 0.15) is 18.2 Å². The van der Waals surface area contributed by atoms with E-state index in [9.17, 15) is 4.39 Å². The summed E-state index contributed by atoms with van der Waals surface area (Å²) >= 11 is 1.56. The minimum absolute atomic E-state index is 0.124. The third-order valence-electron chi connectivity index (χ3n) is 4.29. The zero-order valence-electron chi connectivity index (χ0n) is 16.1. The quantitative estimate of drug-likeness (QED) is 0.552. The number of hydrogen-bond acceptors (Lipinski definition) is 4. The molecule has 0 bridgehead atoms. The second-order valence-electron chi connectivity index (χ2n) is 7.44. The average Bonchev–Trinajstić information content (AvgIpc) is 2.99. The van der Waals surface area contributed by atoms with E-state index in [2.05, 4.69) is 43.1 Å². The van der Waals surface area contributed by atoms with Crippen molar-refractivity contribution in [2.24, 2.45) is 7.05 Å². The van der Waals surface area contributed by atoms with Gasteiger partial charge in [-0.15, -0.1) is 10.2 Å². The Hall–Kier alpha value is -2.34. The zero-order valence-corrected chi connectivity index (χ0v) is 16.9. The Bertz CT molecular complexity index is 883. The summed E-state index contributed by atoms with van der Waals surface area (Å²) in [7, 11) is 1.92. The number of thioether (sulfide) groups is 1. The first-order chi connectivity index (χ1) is 12.8. The first-order valence-corrected chi connectivity index (χ1v) is 9.80. The normalized spacial score (nSPS) is 11.6. The molecular weight excluding hydrogens is 361 g/mol. The number of ether oxygens (including phenoxy) is 1. The lowest BCUT2D eigenvalue weighted by Crippen LogP contribution is -2.10. The summed E-state index contributed by atoms with van der Waals surface area (Å²) in [5.41, 5.74) is 2.44. The Kier molecular flexibility index (Phi) is 5.85. The molecule has 1 aromatic heterocycles. The molecule has 0 aliphatic rings. The molecule has 0 N–H and O–H groups in total. The average molecular weight is 386 g/mol. The maximum Gasteiger partial charge on any atom is 0.191 e. The molecule has 0 atom stereocenters. The monoisotopic (exact) mass is 385 g/mol. The third kappa shape index (κ3) is 5.10. The van der Waals surface area contributed by atoms with E-state index >= 15 is 0 Å². The summed E-state index contributed by atoms with van der Waals surface area (Å²) in [4.78, 5) is 0. The van der Waals surface area contributed by atoms with Gasteiger partial charge < -0.3 is 9.30 Å². The molecule has 0 radical (unpaired) electrons. The van der Waals surface area contributed by atoms with Gasteiger partial charge in [-0.1, -0.05) is 56.8 Å². The van der Waals surface area contributed by atoms with Crippen molar-refractivity contribution in [3.63, 3.8) is 0 Å². The molecule has 6 heteroatoms. The maximum absolute atomic E-state index is 13.0. The van der Waals surface area contributed by atoms with Crippen LogP contribution in [0.3, 0.4) is 0 Å². The topological polar surface area (TPSA) is 39.9 Å². The van der Waals surface area contributed by atoms with Gasteiger partial charge in [0.2, 0.25) is 0 Å². The number of rotatable bonds is 6. The standard InChI is InChI=1S/C21H24FN3OS/c1-21(2,3)16-7-11-18(12-8-16)26-13-19-23-24-20(25(19)4)27-14-15-5-9-17(22)10-6-15/h5-12H,13-14H2,1-4H3. The number of aromatic nitrogens is 3. The van der Waals surface area contributed by atoms with E-state index < -0.39 is 0 Å². The van der Waals surface area contributed by atoms with Gasteiger partial charge in [-0.2, -0.15) is 0 Å². The summed E-state index contributed by atoms with van der Waals surface area (Å²) in [5, 5.41) is 9.26. The lowest BCUT2D eigenvalue weighted by Gasteiger charge is -2.19. The van der Waals surface area contributed by atoms with Crippen LogP contribution < -0.4 is 4.74 Å². The molecule has 1 heterocycles. The molecular formula is C21H24FN3OS. The van der Waals surface area contributed by atoms with Gasteiger partial charge in [-0.25, -0.2) is 4.39 Å². The first-order valence-electron chi connectivity index (χ1n) is 8.82. The van der Waals surface area contributed by atoms with Crippen LogP contribution in [0.25, 0.3) is 0 Å². The van der Waals surface area contributed by atoms with Crippen molar-refractivity contribution in [3.8, 4) is 5.75 Å². The van der Waals surface area contributed by atoms with Gasteiger partial charge in [0.25, 0.3) is 0 Å². The van der Waals surface area contributed by atoms with Crippen molar-refractivity contribution in [2.45, 2.75) is 43.7 Å². The molecule has 0 aliphatic carbocycles. The number of halogens is 1. The summed E-state index contributed by atoms with van der Waals surface area (Å²) in [6, 6.07) is 14.7. The van der Waals surface area contributed by atoms with Crippen LogP contribution in [0.1, 0.15) is 37.7 Å². The zero-order chi connectivity index (χ0) is 19.4. The van der Waals surface area contributed by atoms with E-state index in [4.69, 9.17) is 4.74 Å². The third-order valence-corrected chi connectivity index (χ3v) is 5.39. The summed E-state index contributed by atoms with van der Waals surface area (Å²) in [6.45, 7) is 6.92. The minimum Gasteiger partial charge on any atom is -0.486 e. The lowest BCUT2D eigenvalue weighted by atomic mass is 9.87. The Morgan fingerprint density at radius 3 is 2.30 bits per heavy atom. The summed E-state index contributed by atoms with van der Waals surface area (Å²) in [5.74, 6) is 2.06. The van der Waals surface area contributed by atoms with E-state index in [-0.39, 0.29) is 11.2 Å². The smallest absolute Gasteiger partial charge is 0.191 e. The van der Waals surface area contributed by atoms with E-state index in [0.717, 1.165) is 22.3 Å². The van der Waals surface area contributed by atoms with Crippen molar-refractivity contribution < 1.29 is 9.13 Å². The van der Waals surface area contributed by atoms with Crippen LogP contribution in [-0.4, -0.2) is 14.8 Å². The largest absolute Gasteiger partial charge is 0.486 e. The maximum atomic E-state index is 13.0. The Morgan fingerprint density at radius 1 is 1.00 bits per heavy atom. The van der Waals surface area contributed by atoms with Crippen LogP contribution >= 0.6 is 11.8 Å². The second-order valence-corrected chi connectivity index (χ2v) is 8.38. The van der Waals surface area contributed by atoms with Crippen molar-refractivity contribution in [1.82, 2.24) is 14.8 Å². The molecule has 27 heavy (non-hydrogen) atoms. The lowest BCUT2D eigenvalue weighted by molar-refractivity contribution is 0.290. The number of nitrogens with zero attached hydrogens (tertiary/aromatic N) is 3. The van der Waals surface area contributed by atoms with Crippen molar-refractivity contribution in [1.29, 1.82) is 0 Å². The van der Waals surface area contributed by atoms with Crippen molar-refractivity contribution >= 4 is 11.8 Å². The second kappa shape index (κ2) is 8.13. The predicted molar refractivity (Wildman–Crippen MR) is 106 cm³/mol. The van der Waals surface area contributed by atoms with Gasteiger partial charge in [0, 0.05) is 12.8 Å². The van der Waals surface area contributed by atoms with Gasteiger partial charge in [0.15, 0.2) is 11.0 Å². The van der Waals surface area contributed by atoms with Crippen molar-refractivity contribution in [2.75, 3.05) is 0 Å². The first kappa shape index (κ1) is 19.4. The molecule has 4 nitrogen and oxygen atoms in total. The van der Waals surface area contributed by atoms with Crippen LogP contribution in [0.2, 0.25) is 0 Å². The molecule has 0 unspecified atom stereocenters. The Morgan fingerprint density at radius 2 is 1.67 bits per heavy atom. The highest BCUT2D eigenvalue weighted by atomic mass is 32.2. The van der Waals surface area contributed by atoms with Gasteiger partial charge in [-0.3, -0.25) is 0 Å². The molecule has 3 rings (SSSR count). The number of benzene rings is 2. The van der Waals surface area contributed by atoms with Gasteiger partial charge in [-0.05, 0) is 40.8 Å². The molecule has 0 aliphatic heterocycles. The number of hydrogen-bond donors (Lipinski definition) is 0. The molecule has 0 saturated heterocycles. The van der Waals surface area contributed by atoms with Crippen LogP contribution in [0, 0.1) is 5.82 Å². The molecule has 0 saturated carbocycles. The van der Waals surface area contributed by atoms with Gasteiger partial charge in [0.05, 0.1) is 0 Å². The van der Waals surface area contributed by atoms with Crippen molar-refractivity contribution in [3.05, 3.63) is 71.3 Å².